The maximum absolute atomic E-state index is 13.8. The van der Waals surface area contributed by atoms with Crippen LogP contribution in [0.4, 0.5) is 0 Å². The molecule has 8 nitrogen and oxygen atoms in total. The topological polar surface area (TPSA) is 86.3 Å². The summed E-state index contributed by atoms with van der Waals surface area (Å²) in [6, 6.07) is 11.0. The molecule has 0 aromatic heterocycles. The molecule has 2 aromatic carbocycles. The number of amides is 2. The van der Waals surface area contributed by atoms with E-state index in [2.05, 4.69) is 5.32 Å². The summed E-state index contributed by atoms with van der Waals surface area (Å²) in [7, 11) is 0. The Morgan fingerprint density at radius 3 is 2.32 bits per heavy atom. The van der Waals surface area contributed by atoms with E-state index in [4.69, 9.17) is 18.9 Å². The third-order valence-electron chi connectivity index (χ3n) is 6.85. The van der Waals surface area contributed by atoms with Crippen LogP contribution in [0.5, 0.6) is 11.5 Å². The molecule has 0 fully saturated rings. The van der Waals surface area contributed by atoms with Crippen LogP contribution >= 0.6 is 0 Å². The Hall–Kier alpha value is -3.10. The van der Waals surface area contributed by atoms with Gasteiger partial charge in [-0.1, -0.05) is 18.2 Å². The second-order valence-electron chi connectivity index (χ2n) is 9.04. The maximum Gasteiger partial charge on any atom is 0.254 e. The van der Waals surface area contributed by atoms with Gasteiger partial charge in [-0.15, -0.1) is 0 Å². The lowest BCUT2D eigenvalue weighted by Crippen LogP contribution is -2.50. The molecule has 2 aliphatic rings. The van der Waals surface area contributed by atoms with Gasteiger partial charge in [-0.25, -0.2) is 0 Å². The predicted molar refractivity (Wildman–Crippen MR) is 140 cm³/mol. The lowest BCUT2D eigenvalue weighted by atomic mass is 9.75. The van der Waals surface area contributed by atoms with Crippen LogP contribution < -0.4 is 14.8 Å². The SMILES string of the molecule is CCOc1cc2c(cc1OCC)[C@@H]1[C@H](C(=O)NCCC(OCC)OCC)c3ccccc3C(=O)N1CC2. The summed E-state index contributed by atoms with van der Waals surface area (Å²) in [6.45, 7) is 10.7. The molecule has 0 radical (unpaired) electrons. The number of hydrogen-bond acceptors (Lipinski definition) is 6. The van der Waals surface area contributed by atoms with Crippen LogP contribution in [-0.4, -0.2) is 62.5 Å². The summed E-state index contributed by atoms with van der Waals surface area (Å²) in [5, 5.41) is 3.10. The number of rotatable bonds is 12. The monoisotopic (exact) mass is 510 g/mol. The Balaban J connectivity index is 1.70. The number of nitrogens with zero attached hydrogens (tertiary/aromatic N) is 1. The molecule has 2 aliphatic heterocycles. The molecule has 0 unspecified atom stereocenters. The number of ether oxygens (including phenoxy) is 4. The van der Waals surface area contributed by atoms with E-state index in [-0.39, 0.29) is 18.1 Å². The first-order chi connectivity index (χ1) is 18.0. The van der Waals surface area contributed by atoms with Gasteiger partial charge in [0.1, 0.15) is 0 Å². The highest BCUT2D eigenvalue weighted by atomic mass is 16.7. The highest BCUT2D eigenvalue weighted by Gasteiger charge is 2.46. The van der Waals surface area contributed by atoms with Crippen molar-refractivity contribution in [2.75, 3.05) is 39.5 Å². The van der Waals surface area contributed by atoms with E-state index in [0.29, 0.717) is 69.4 Å². The van der Waals surface area contributed by atoms with Crippen LogP contribution in [0, 0.1) is 0 Å². The fourth-order valence-corrected chi connectivity index (χ4v) is 5.36. The summed E-state index contributed by atoms with van der Waals surface area (Å²) in [5.41, 5.74) is 3.34. The lowest BCUT2D eigenvalue weighted by Gasteiger charge is -2.45. The molecule has 2 aromatic rings. The minimum absolute atomic E-state index is 0.0464. The zero-order valence-corrected chi connectivity index (χ0v) is 22.2. The molecule has 8 heteroatoms. The fourth-order valence-electron chi connectivity index (χ4n) is 5.36. The Kier molecular flexibility index (Phi) is 9.05. The quantitative estimate of drug-likeness (QED) is 0.430. The van der Waals surface area contributed by atoms with E-state index in [9.17, 15) is 9.59 Å². The normalized spacial score (nSPS) is 18.2. The van der Waals surface area contributed by atoms with Crippen LogP contribution in [0.15, 0.2) is 36.4 Å². The Morgan fingerprint density at radius 1 is 0.973 bits per heavy atom. The van der Waals surface area contributed by atoms with E-state index in [1.54, 1.807) is 0 Å². The van der Waals surface area contributed by atoms with Gasteiger partial charge in [0.2, 0.25) is 5.91 Å². The first kappa shape index (κ1) is 26.9. The number of benzene rings is 2. The number of fused-ring (bicyclic) bond motifs is 4. The van der Waals surface area contributed by atoms with Crippen molar-refractivity contribution in [2.45, 2.75) is 58.8 Å². The van der Waals surface area contributed by atoms with E-state index in [1.807, 2.05) is 69.0 Å². The molecule has 2 amide bonds. The molecular weight excluding hydrogens is 472 g/mol. The summed E-state index contributed by atoms with van der Waals surface area (Å²) in [4.78, 5) is 29.2. The minimum atomic E-state index is -0.557. The highest BCUT2D eigenvalue weighted by Crippen LogP contribution is 2.48. The van der Waals surface area contributed by atoms with Crippen molar-refractivity contribution in [3.05, 3.63) is 58.7 Å². The van der Waals surface area contributed by atoms with Crippen molar-refractivity contribution in [3.63, 3.8) is 0 Å². The van der Waals surface area contributed by atoms with Crippen molar-refractivity contribution in [1.82, 2.24) is 10.2 Å². The van der Waals surface area contributed by atoms with Gasteiger partial charge in [0, 0.05) is 38.3 Å². The van der Waals surface area contributed by atoms with Crippen LogP contribution in [0.1, 0.15) is 73.1 Å². The van der Waals surface area contributed by atoms with Crippen LogP contribution in [0.3, 0.4) is 0 Å². The van der Waals surface area contributed by atoms with E-state index in [0.717, 1.165) is 16.7 Å². The second kappa shape index (κ2) is 12.4. The van der Waals surface area contributed by atoms with Crippen molar-refractivity contribution in [1.29, 1.82) is 0 Å². The number of carbonyl (C=O) groups excluding carboxylic acids is 2. The van der Waals surface area contributed by atoms with E-state index >= 15 is 0 Å². The first-order valence-corrected chi connectivity index (χ1v) is 13.4. The largest absolute Gasteiger partial charge is 0.490 e. The summed E-state index contributed by atoms with van der Waals surface area (Å²) in [6.07, 6.45) is 0.858. The second-order valence-corrected chi connectivity index (χ2v) is 9.04. The van der Waals surface area contributed by atoms with Crippen molar-refractivity contribution >= 4 is 11.8 Å². The van der Waals surface area contributed by atoms with Crippen molar-refractivity contribution in [3.8, 4) is 11.5 Å². The van der Waals surface area contributed by atoms with E-state index in [1.165, 1.54) is 0 Å². The first-order valence-electron chi connectivity index (χ1n) is 13.4. The van der Waals surface area contributed by atoms with Crippen molar-refractivity contribution < 1.29 is 28.5 Å². The number of carbonyl (C=O) groups is 2. The van der Waals surface area contributed by atoms with Gasteiger partial charge in [-0.2, -0.15) is 0 Å². The molecule has 200 valence electrons. The molecule has 0 spiro atoms. The predicted octanol–water partition coefficient (Wildman–Crippen LogP) is 4.23. The lowest BCUT2D eigenvalue weighted by molar-refractivity contribution is -0.140. The summed E-state index contributed by atoms with van der Waals surface area (Å²) >= 11 is 0. The van der Waals surface area contributed by atoms with Gasteiger partial charge in [-0.3, -0.25) is 9.59 Å². The van der Waals surface area contributed by atoms with Gasteiger partial charge < -0.3 is 29.2 Å². The van der Waals surface area contributed by atoms with Crippen LogP contribution in [0.2, 0.25) is 0 Å². The Morgan fingerprint density at radius 2 is 1.65 bits per heavy atom. The Labute approximate surface area is 219 Å². The smallest absolute Gasteiger partial charge is 0.254 e. The molecular formula is C29H38N2O6. The highest BCUT2D eigenvalue weighted by molar-refractivity contribution is 6.01. The molecule has 1 N–H and O–H groups in total. The third-order valence-corrected chi connectivity index (χ3v) is 6.85. The third kappa shape index (κ3) is 5.60. The molecule has 2 heterocycles. The standard InChI is InChI=1S/C29H38N2O6/c1-5-34-23-17-19-14-16-31-27(22(19)18-24(23)35-6-2)26(20-11-9-10-12-21(20)29(31)33)28(32)30-15-13-25(36-7-3)37-8-4/h9-12,17-18,25-27H,5-8,13-16H2,1-4H3,(H,30,32)/t26-,27-/m1/s1. The molecule has 0 saturated carbocycles. The Bertz CT molecular complexity index is 1100. The average Bonchev–Trinajstić information content (AvgIpc) is 2.90. The molecule has 2 atom stereocenters. The fraction of sp³-hybridized carbons (Fsp3) is 0.517. The number of hydrogen-bond donors (Lipinski definition) is 1. The van der Waals surface area contributed by atoms with Gasteiger partial charge in [-0.05, 0) is 69.0 Å². The zero-order chi connectivity index (χ0) is 26.4. The summed E-state index contributed by atoms with van der Waals surface area (Å²) < 4.78 is 23.0. The van der Waals surface area contributed by atoms with Gasteiger partial charge in [0.05, 0.1) is 25.2 Å². The molecule has 37 heavy (non-hydrogen) atoms. The van der Waals surface area contributed by atoms with Crippen LogP contribution in [0.25, 0.3) is 0 Å². The van der Waals surface area contributed by atoms with Crippen LogP contribution in [-0.2, 0) is 20.7 Å². The van der Waals surface area contributed by atoms with Gasteiger partial charge in [0.25, 0.3) is 5.91 Å². The molecule has 0 saturated heterocycles. The molecule has 0 bridgehead atoms. The number of nitrogens with one attached hydrogen (secondary N) is 1. The average molecular weight is 511 g/mol. The summed E-state index contributed by atoms with van der Waals surface area (Å²) in [5.74, 6) is 0.596. The van der Waals surface area contributed by atoms with Gasteiger partial charge >= 0.3 is 0 Å². The maximum atomic E-state index is 13.8. The minimum Gasteiger partial charge on any atom is -0.490 e. The molecule has 0 aliphatic carbocycles. The van der Waals surface area contributed by atoms with E-state index < -0.39 is 12.0 Å². The van der Waals surface area contributed by atoms with Gasteiger partial charge in [0.15, 0.2) is 17.8 Å². The van der Waals surface area contributed by atoms with Crippen molar-refractivity contribution in [2.24, 2.45) is 0 Å². The molecule has 4 rings (SSSR count). The zero-order valence-electron chi connectivity index (χ0n) is 22.2.